The number of aliphatic hydroxyl groups excluding tert-OH is 5. The van der Waals surface area contributed by atoms with Gasteiger partial charge in [0.05, 0.1) is 12.7 Å². The summed E-state index contributed by atoms with van der Waals surface area (Å²) in [6.45, 7) is 1.82. The first-order chi connectivity index (χ1) is 23.5. The van der Waals surface area contributed by atoms with Crippen LogP contribution in [0.1, 0.15) is 80.9 Å². The summed E-state index contributed by atoms with van der Waals surface area (Å²) >= 11 is 6.70. The van der Waals surface area contributed by atoms with Crippen molar-refractivity contribution in [2.45, 2.75) is 107 Å². The molecular weight excluding hydrogens is 646 g/mol. The van der Waals surface area contributed by atoms with Crippen LogP contribution in [0.25, 0.3) is 11.1 Å². The second-order valence-electron chi connectivity index (χ2n) is 13.7. The van der Waals surface area contributed by atoms with Gasteiger partial charge in [0.25, 0.3) is 0 Å². The van der Waals surface area contributed by atoms with Gasteiger partial charge in [0.1, 0.15) is 30.2 Å². The van der Waals surface area contributed by atoms with Crippen LogP contribution in [-0.2, 0) is 16.9 Å². The quantitative estimate of drug-likeness (QED) is 0.101. The number of pyridine rings is 1. The summed E-state index contributed by atoms with van der Waals surface area (Å²) in [4.78, 5) is 18.4. The van der Waals surface area contributed by atoms with Crippen LogP contribution in [0.5, 0.6) is 5.75 Å². The molecule has 2 saturated carbocycles. The van der Waals surface area contributed by atoms with Gasteiger partial charge in [-0.3, -0.25) is 9.78 Å². The maximum Gasteiger partial charge on any atom is 0.222 e. The zero-order chi connectivity index (χ0) is 35.1. The molecule has 5 rings (SSSR count). The first kappa shape index (κ1) is 37.2. The molecule has 5 unspecified atom stereocenters. The van der Waals surface area contributed by atoms with E-state index < -0.39 is 31.0 Å². The maximum atomic E-state index is 12.6. The molecular formula is C38H50ClN3O7. The van der Waals surface area contributed by atoms with Crippen LogP contribution in [-0.4, -0.2) is 92.0 Å². The van der Waals surface area contributed by atoms with Gasteiger partial charge < -0.3 is 40.5 Å². The Balaban J connectivity index is 1.13. The van der Waals surface area contributed by atoms with Gasteiger partial charge >= 0.3 is 0 Å². The Morgan fingerprint density at radius 2 is 1.78 bits per heavy atom. The minimum absolute atomic E-state index is 0.185. The third-order valence-corrected chi connectivity index (χ3v) is 10.2. The highest BCUT2D eigenvalue weighted by Crippen LogP contribution is 2.50. The van der Waals surface area contributed by atoms with Crippen molar-refractivity contribution in [1.82, 2.24) is 15.2 Å². The molecule has 10 nitrogen and oxygen atoms in total. The van der Waals surface area contributed by atoms with Crippen molar-refractivity contribution in [3.05, 3.63) is 82.6 Å². The van der Waals surface area contributed by atoms with E-state index in [9.17, 15) is 25.2 Å². The molecule has 1 aromatic heterocycles. The SMILES string of the molecule is CC(CCCCC(=O)N(C)CC(O)C(O)C(O)C(O)CO)c1ccc(Cl)c(CNC2(c3cnccc3-c3ccccc3OC3CC3)CC2)c1. The molecule has 1 heterocycles. The van der Waals surface area contributed by atoms with Crippen LogP contribution in [0.4, 0.5) is 0 Å². The number of rotatable bonds is 19. The van der Waals surface area contributed by atoms with E-state index in [4.69, 9.17) is 21.4 Å². The van der Waals surface area contributed by atoms with Crippen LogP contribution in [0, 0.1) is 0 Å². The average Bonchev–Trinajstić information content (AvgIpc) is 4.06. The lowest BCUT2D eigenvalue weighted by atomic mass is 9.93. The summed E-state index contributed by atoms with van der Waals surface area (Å²) in [6.07, 6.45) is 4.50. The number of carbonyl (C=O) groups excluding carboxylic acids is 1. The lowest BCUT2D eigenvalue weighted by Crippen LogP contribution is -2.49. The fourth-order valence-electron chi connectivity index (χ4n) is 6.27. The Bertz CT molecular complexity index is 1550. The van der Waals surface area contributed by atoms with Crippen LogP contribution in [0.15, 0.2) is 60.9 Å². The molecule has 266 valence electrons. The second-order valence-corrected chi connectivity index (χ2v) is 14.1. The fourth-order valence-corrected chi connectivity index (χ4v) is 6.46. The van der Waals surface area contributed by atoms with Gasteiger partial charge in [-0.15, -0.1) is 0 Å². The number of ether oxygens (including phenoxy) is 1. The Hall–Kier alpha value is -3.09. The number of likely N-dealkylation sites (N-methyl/N-ethyl adjacent to an activating group) is 1. The number of carbonyl (C=O) groups is 1. The molecule has 0 aliphatic heterocycles. The van der Waals surface area contributed by atoms with Crippen LogP contribution in [0.2, 0.25) is 5.02 Å². The lowest BCUT2D eigenvalue weighted by Gasteiger charge is -2.28. The van der Waals surface area contributed by atoms with Gasteiger partial charge in [0.15, 0.2) is 0 Å². The molecule has 5 atom stereocenters. The van der Waals surface area contributed by atoms with Crippen molar-refractivity contribution in [2.75, 3.05) is 20.2 Å². The second kappa shape index (κ2) is 16.7. The van der Waals surface area contributed by atoms with E-state index >= 15 is 0 Å². The van der Waals surface area contributed by atoms with Crippen molar-refractivity contribution in [3.8, 4) is 16.9 Å². The van der Waals surface area contributed by atoms with Gasteiger partial charge in [-0.25, -0.2) is 0 Å². The van der Waals surface area contributed by atoms with Crippen molar-refractivity contribution < 1.29 is 35.1 Å². The molecule has 1 amide bonds. The summed E-state index contributed by atoms with van der Waals surface area (Å²) in [5.74, 6) is 0.976. The Morgan fingerprint density at radius 3 is 2.49 bits per heavy atom. The smallest absolute Gasteiger partial charge is 0.222 e. The summed E-state index contributed by atoms with van der Waals surface area (Å²) < 4.78 is 6.26. The van der Waals surface area contributed by atoms with E-state index in [1.54, 1.807) is 0 Å². The molecule has 2 aliphatic rings. The fraction of sp³-hybridized carbons (Fsp3) is 0.526. The van der Waals surface area contributed by atoms with Crippen molar-refractivity contribution >= 4 is 17.5 Å². The molecule has 0 spiro atoms. The number of hydrogen-bond acceptors (Lipinski definition) is 9. The monoisotopic (exact) mass is 695 g/mol. The first-order valence-corrected chi connectivity index (χ1v) is 17.7. The minimum atomic E-state index is -1.72. The molecule has 2 aliphatic carbocycles. The number of hydrogen-bond donors (Lipinski definition) is 6. The third-order valence-electron chi connectivity index (χ3n) is 9.83. The zero-order valence-electron chi connectivity index (χ0n) is 28.3. The first-order valence-electron chi connectivity index (χ1n) is 17.3. The Labute approximate surface area is 293 Å². The van der Waals surface area contributed by atoms with Crippen LogP contribution < -0.4 is 10.1 Å². The molecule has 2 aromatic carbocycles. The van der Waals surface area contributed by atoms with E-state index in [1.807, 2.05) is 24.5 Å². The standard InChI is InChI=1S/C38H50ClN3O7/c1-24(7-3-6-10-35(46)42(2)22-32(44)36(47)37(48)33(45)23-43)25-11-14-31(39)26(19-25)20-41-38(16-17-38)30-21-40-18-15-28(30)29-8-4-5-9-34(29)49-27-12-13-27/h4-5,8-9,11,14-15,18-19,21,24,27,32-33,36-37,41,43-45,47-48H,3,6-7,10,12-13,16-17,20,22-23H2,1-2H3. The third kappa shape index (κ3) is 9.58. The molecule has 0 radical (unpaired) electrons. The number of aromatic nitrogens is 1. The highest BCUT2D eigenvalue weighted by molar-refractivity contribution is 6.31. The van der Waals surface area contributed by atoms with E-state index in [1.165, 1.54) is 23.1 Å². The minimum Gasteiger partial charge on any atom is -0.490 e. The molecule has 11 heteroatoms. The zero-order valence-corrected chi connectivity index (χ0v) is 29.1. The molecule has 49 heavy (non-hydrogen) atoms. The van der Waals surface area contributed by atoms with E-state index in [0.717, 1.165) is 61.0 Å². The summed E-state index contributed by atoms with van der Waals surface area (Å²) in [6, 6.07) is 16.5. The molecule has 3 aromatic rings. The largest absolute Gasteiger partial charge is 0.490 e. The average molecular weight is 696 g/mol. The number of nitrogens with one attached hydrogen (secondary N) is 1. The Kier molecular flexibility index (Phi) is 12.7. The number of halogens is 1. The predicted octanol–water partition coefficient (Wildman–Crippen LogP) is 4.28. The van der Waals surface area contributed by atoms with E-state index in [0.29, 0.717) is 24.1 Å². The van der Waals surface area contributed by atoms with E-state index in [2.05, 4.69) is 53.6 Å². The number of nitrogens with zero attached hydrogens (tertiary/aromatic N) is 2. The normalized spacial score (nSPS) is 18.3. The summed E-state index contributed by atoms with van der Waals surface area (Å²) in [7, 11) is 1.52. The van der Waals surface area contributed by atoms with Gasteiger partial charge in [-0.05, 0) is 84.9 Å². The number of unbranched alkanes of at least 4 members (excludes halogenated alkanes) is 1. The molecule has 6 N–H and O–H groups in total. The summed E-state index contributed by atoms with van der Waals surface area (Å²) in [5.41, 5.74) is 5.44. The molecule has 0 saturated heterocycles. The number of aliphatic hydroxyl groups is 5. The molecule has 2 fully saturated rings. The van der Waals surface area contributed by atoms with Crippen LogP contribution in [0.3, 0.4) is 0 Å². The number of para-hydroxylation sites is 1. The number of amides is 1. The van der Waals surface area contributed by atoms with Gasteiger partial charge in [-0.2, -0.15) is 0 Å². The van der Waals surface area contributed by atoms with E-state index in [-0.39, 0.29) is 30.3 Å². The van der Waals surface area contributed by atoms with Crippen molar-refractivity contribution in [1.29, 1.82) is 0 Å². The topological polar surface area (TPSA) is 156 Å². The van der Waals surface area contributed by atoms with Gasteiger partial charge in [0, 0.05) is 55.1 Å². The van der Waals surface area contributed by atoms with Gasteiger partial charge in [-0.1, -0.05) is 55.3 Å². The van der Waals surface area contributed by atoms with Crippen molar-refractivity contribution in [3.63, 3.8) is 0 Å². The summed E-state index contributed by atoms with van der Waals surface area (Å²) in [5, 5.41) is 53.0. The Morgan fingerprint density at radius 1 is 1.04 bits per heavy atom. The lowest BCUT2D eigenvalue weighted by molar-refractivity contribution is -0.138. The molecule has 0 bridgehead atoms. The highest BCUT2D eigenvalue weighted by Gasteiger charge is 2.46. The predicted molar refractivity (Wildman–Crippen MR) is 188 cm³/mol. The maximum absolute atomic E-state index is 12.6. The van der Waals surface area contributed by atoms with Crippen molar-refractivity contribution in [2.24, 2.45) is 0 Å². The highest BCUT2D eigenvalue weighted by atomic mass is 35.5. The van der Waals surface area contributed by atoms with Crippen LogP contribution >= 0.6 is 11.6 Å². The number of benzene rings is 2. The van der Waals surface area contributed by atoms with Gasteiger partial charge in [0.2, 0.25) is 5.91 Å².